The zero-order valence-corrected chi connectivity index (χ0v) is 7.42. The molecule has 0 aliphatic rings. The van der Waals surface area contributed by atoms with Crippen molar-refractivity contribution in [2.24, 2.45) is 0 Å². The Labute approximate surface area is 74.6 Å². The lowest BCUT2D eigenvalue weighted by Gasteiger charge is -2.06. The summed E-state index contributed by atoms with van der Waals surface area (Å²) in [5.41, 5.74) is 2.51. The van der Waals surface area contributed by atoms with E-state index in [1.54, 1.807) is 0 Å². The van der Waals surface area contributed by atoms with Crippen LogP contribution in [0.1, 0.15) is 0 Å². The van der Waals surface area contributed by atoms with E-state index in [0.29, 0.717) is 11.6 Å². The number of nitrogens with zero attached hydrogens (tertiary/aromatic N) is 2. The Balaban J connectivity index is 2.95. The van der Waals surface area contributed by atoms with Gasteiger partial charge in [-0.2, -0.15) is 4.98 Å². The van der Waals surface area contributed by atoms with Gasteiger partial charge < -0.3 is 4.74 Å². The van der Waals surface area contributed by atoms with E-state index in [9.17, 15) is 0 Å². The smallest absolute Gasteiger partial charge is 0.224 e. The number of halogens is 1. The highest BCUT2D eigenvalue weighted by Crippen LogP contribution is 2.21. The fraction of sp³-hybridized carbons (Fsp3) is 0.333. The second-order valence-corrected chi connectivity index (χ2v) is 2.20. The van der Waals surface area contributed by atoms with Crippen LogP contribution < -0.4 is 10.2 Å². The lowest BCUT2D eigenvalue weighted by atomic mass is 10.5. The van der Waals surface area contributed by atoms with Gasteiger partial charge in [-0.05, 0) is 11.6 Å². The van der Waals surface area contributed by atoms with E-state index >= 15 is 0 Å². The molecular weight excluding hydrogens is 182 g/mol. The van der Waals surface area contributed by atoms with Gasteiger partial charge in [-0.3, -0.25) is 4.84 Å². The van der Waals surface area contributed by atoms with Crippen LogP contribution in [-0.2, 0) is 4.84 Å². The van der Waals surface area contributed by atoms with Gasteiger partial charge in [-0.15, -0.1) is 0 Å². The molecule has 0 atom stereocenters. The Morgan fingerprint density at radius 3 is 2.83 bits per heavy atom. The van der Waals surface area contributed by atoms with Crippen LogP contribution in [0, 0.1) is 0 Å². The van der Waals surface area contributed by atoms with Gasteiger partial charge in [0.2, 0.25) is 5.28 Å². The molecule has 1 aromatic heterocycles. The van der Waals surface area contributed by atoms with E-state index in [1.807, 2.05) is 0 Å². The molecule has 0 saturated carbocycles. The van der Waals surface area contributed by atoms with Crippen LogP contribution in [0.4, 0.5) is 5.82 Å². The average Bonchev–Trinajstić information content (AvgIpc) is 2.05. The molecule has 12 heavy (non-hydrogen) atoms. The van der Waals surface area contributed by atoms with Crippen LogP contribution >= 0.6 is 11.6 Å². The van der Waals surface area contributed by atoms with Crippen LogP contribution in [0.2, 0.25) is 5.28 Å². The maximum Gasteiger partial charge on any atom is 0.224 e. The molecule has 0 radical (unpaired) electrons. The zero-order valence-electron chi connectivity index (χ0n) is 6.67. The highest BCUT2D eigenvalue weighted by molar-refractivity contribution is 6.28. The van der Waals surface area contributed by atoms with Gasteiger partial charge in [0.15, 0.2) is 11.6 Å². The number of nitrogens with one attached hydrogen (secondary N) is 1. The van der Waals surface area contributed by atoms with Crippen LogP contribution in [0.5, 0.6) is 5.75 Å². The average molecular weight is 190 g/mol. The van der Waals surface area contributed by atoms with Crippen LogP contribution in [0.3, 0.4) is 0 Å². The Morgan fingerprint density at radius 1 is 1.50 bits per heavy atom. The lowest BCUT2D eigenvalue weighted by Crippen LogP contribution is -2.02. The molecule has 0 unspecified atom stereocenters. The first kappa shape index (κ1) is 9.02. The van der Waals surface area contributed by atoms with Crippen molar-refractivity contribution in [1.82, 2.24) is 9.97 Å². The van der Waals surface area contributed by atoms with Crippen LogP contribution in [0.15, 0.2) is 6.20 Å². The van der Waals surface area contributed by atoms with Crippen LogP contribution in [-0.4, -0.2) is 24.2 Å². The Kier molecular flexibility index (Phi) is 3.07. The Hall–Kier alpha value is -1.07. The van der Waals surface area contributed by atoms with E-state index in [1.165, 1.54) is 20.4 Å². The summed E-state index contributed by atoms with van der Waals surface area (Å²) in [7, 11) is 2.98. The Morgan fingerprint density at radius 2 is 2.25 bits per heavy atom. The first-order valence-corrected chi connectivity index (χ1v) is 3.51. The minimum atomic E-state index is 0.135. The molecule has 0 spiro atoms. The number of anilines is 1. The summed E-state index contributed by atoms with van der Waals surface area (Å²) in [5, 5.41) is 0.135. The summed E-state index contributed by atoms with van der Waals surface area (Å²) in [6.45, 7) is 0. The monoisotopic (exact) mass is 189 g/mol. The van der Waals surface area contributed by atoms with Gasteiger partial charge in [-0.25, -0.2) is 10.5 Å². The van der Waals surface area contributed by atoms with Crippen molar-refractivity contribution >= 4 is 17.4 Å². The number of ether oxygens (including phenoxy) is 1. The van der Waals surface area contributed by atoms with Crippen LogP contribution in [0.25, 0.3) is 0 Å². The fourth-order valence-electron chi connectivity index (χ4n) is 0.668. The molecule has 0 aliphatic carbocycles. The van der Waals surface area contributed by atoms with Gasteiger partial charge >= 0.3 is 0 Å². The third kappa shape index (κ3) is 1.96. The lowest BCUT2D eigenvalue weighted by molar-refractivity contribution is 0.265. The summed E-state index contributed by atoms with van der Waals surface area (Å²) >= 11 is 5.54. The summed E-state index contributed by atoms with van der Waals surface area (Å²) in [6.07, 6.45) is 1.46. The van der Waals surface area contributed by atoms with E-state index in [2.05, 4.69) is 20.3 Å². The first-order valence-electron chi connectivity index (χ1n) is 3.13. The van der Waals surface area contributed by atoms with Crippen molar-refractivity contribution in [3.8, 4) is 5.75 Å². The highest BCUT2D eigenvalue weighted by atomic mass is 35.5. The quantitative estimate of drug-likeness (QED) is 0.570. The van der Waals surface area contributed by atoms with E-state index in [0.717, 1.165) is 0 Å². The van der Waals surface area contributed by atoms with E-state index in [4.69, 9.17) is 16.3 Å². The number of aromatic nitrogens is 2. The third-order valence-electron chi connectivity index (χ3n) is 1.14. The molecule has 6 heteroatoms. The second-order valence-electron chi connectivity index (χ2n) is 1.86. The molecule has 0 aromatic carbocycles. The van der Waals surface area contributed by atoms with Crippen molar-refractivity contribution in [3.05, 3.63) is 11.5 Å². The first-order chi connectivity index (χ1) is 5.77. The van der Waals surface area contributed by atoms with Gasteiger partial charge in [0.1, 0.15) is 0 Å². The van der Waals surface area contributed by atoms with E-state index < -0.39 is 0 Å². The largest absolute Gasteiger partial charge is 0.491 e. The summed E-state index contributed by atoms with van der Waals surface area (Å²) in [6, 6.07) is 0. The van der Waals surface area contributed by atoms with Gasteiger partial charge in [0.05, 0.1) is 20.4 Å². The number of rotatable bonds is 3. The number of hydrogen-bond donors (Lipinski definition) is 1. The van der Waals surface area contributed by atoms with Gasteiger partial charge in [0, 0.05) is 0 Å². The molecule has 1 aromatic rings. The van der Waals surface area contributed by atoms with Crippen molar-refractivity contribution < 1.29 is 9.57 Å². The van der Waals surface area contributed by atoms with E-state index in [-0.39, 0.29) is 5.28 Å². The summed E-state index contributed by atoms with van der Waals surface area (Å²) in [5.74, 6) is 0.876. The predicted octanol–water partition coefficient (Wildman–Crippen LogP) is 1.11. The fourth-order valence-corrected chi connectivity index (χ4v) is 0.802. The third-order valence-corrected chi connectivity index (χ3v) is 1.33. The van der Waals surface area contributed by atoms with Crippen molar-refractivity contribution in [1.29, 1.82) is 0 Å². The maximum absolute atomic E-state index is 5.54. The number of hydrogen-bond acceptors (Lipinski definition) is 5. The summed E-state index contributed by atoms with van der Waals surface area (Å²) < 4.78 is 4.93. The van der Waals surface area contributed by atoms with Gasteiger partial charge in [0.25, 0.3) is 0 Å². The normalized spacial score (nSPS) is 9.58. The molecule has 1 N–H and O–H groups in total. The van der Waals surface area contributed by atoms with Crippen molar-refractivity contribution in [3.63, 3.8) is 0 Å². The molecule has 0 fully saturated rings. The standard InChI is InChI=1S/C6H8ClN3O2/c1-11-4-3-8-6(7)9-5(4)10-12-2/h3H,1-2H3,(H,8,9,10). The predicted molar refractivity (Wildman–Crippen MR) is 44.2 cm³/mol. The van der Waals surface area contributed by atoms with Crippen molar-refractivity contribution in [2.45, 2.75) is 0 Å². The van der Waals surface area contributed by atoms with Crippen molar-refractivity contribution in [2.75, 3.05) is 19.7 Å². The highest BCUT2D eigenvalue weighted by Gasteiger charge is 2.04. The molecule has 0 bridgehead atoms. The minimum Gasteiger partial charge on any atom is -0.491 e. The zero-order chi connectivity index (χ0) is 8.97. The molecule has 5 nitrogen and oxygen atoms in total. The summed E-state index contributed by atoms with van der Waals surface area (Å²) in [4.78, 5) is 12.2. The minimum absolute atomic E-state index is 0.135. The molecule has 0 saturated heterocycles. The topological polar surface area (TPSA) is 56.3 Å². The molecule has 1 rings (SSSR count). The maximum atomic E-state index is 5.54. The van der Waals surface area contributed by atoms with Gasteiger partial charge in [-0.1, -0.05) is 0 Å². The number of methoxy groups -OCH3 is 1. The molecule has 0 amide bonds. The Bertz CT molecular complexity index is 269. The molecule has 1 heterocycles. The molecule has 66 valence electrons. The second kappa shape index (κ2) is 4.08. The molecule has 0 aliphatic heterocycles. The molecular formula is C6H8ClN3O2. The SMILES string of the molecule is CONc1nc(Cl)ncc1OC.